The van der Waals surface area contributed by atoms with Crippen LogP contribution in [0.2, 0.25) is 0 Å². The Morgan fingerprint density at radius 1 is 0.857 bits per heavy atom. The Balaban J connectivity index is 2.30. The van der Waals surface area contributed by atoms with Gasteiger partial charge in [0, 0.05) is 12.4 Å². The second-order valence-electron chi connectivity index (χ2n) is 4.07. The normalized spacial score (nSPS) is 10.7. The van der Waals surface area contributed by atoms with Crippen molar-refractivity contribution in [3.63, 3.8) is 0 Å². The average Bonchev–Trinajstić information content (AvgIpc) is 2.61. The van der Waals surface area contributed by atoms with Crippen molar-refractivity contribution in [3.05, 3.63) is 23.5 Å². The Morgan fingerprint density at radius 2 is 1.57 bits per heavy atom. The van der Waals surface area contributed by atoms with Gasteiger partial charge in [0.25, 0.3) is 0 Å². The lowest BCUT2D eigenvalue weighted by Gasteiger charge is -2.02. The highest BCUT2D eigenvalue weighted by Crippen LogP contribution is 2.14. The molecule has 0 saturated carbocycles. The minimum atomic E-state index is 1.23. The lowest BCUT2D eigenvalue weighted by Crippen LogP contribution is -1.89. The van der Waals surface area contributed by atoms with Gasteiger partial charge in [-0.1, -0.05) is 39.5 Å². The predicted octanol–water partition coefficient (Wildman–Crippen LogP) is 4.09. The third kappa shape index (κ3) is 3.57. The highest BCUT2D eigenvalue weighted by atomic mass is 14.6. The molecule has 0 aliphatic rings. The summed E-state index contributed by atoms with van der Waals surface area (Å²) in [4.78, 5) is 3.22. The zero-order chi connectivity index (χ0) is 10.2. The van der Waals surface area contributed by atoms with Gasteiger partial charge >= 0.3 is 0 Å². The molecule has 1 heteroatoms. The van der Waals surface area contributed by atoms with Crippen molar-refractivity contribution in [2.45, 2.75) is 58.8 Å². The fourth-order valence-electron chi connectivity index (χ4n) is 1.91. The van der Waals surface area contributed by atoms with Gasteiger partial charge in [-0.05, 0) is 30.4 Å². The van der Waals surface area contributed by atoms with E-state index in [9.17, 15) is 0 Å². The number of hydrogen-bond acceptors (Lipinski definition) is 0. The SMILES string of the molecule is CCCCCCc1c[nH]cc1CCC. The largest absolute Gasteiger partial charge is 0.367 e. The maximum Gasteiger partial charge on any atom is 0.00401 e. The minimum absolute atomic E-state index is 1.23. The molecule has 0 saturated heterocycles. The van der Waals surface area contributed by atoms with E-state index in [1.54, 1.807) is 5.56 Å². The van der Waals surface area contributed by atoms with Crippen molar-refractivity contribution in [1.82, 2.24) is 4.98 Å². The Hall–Kier alpha value is -0.720. The van der Waals surface area contributed by atoms with E-state index in [1.165, 1.54) is 50.5 Å². The summed E-state index contributed by atoms with van der Waals surface area (Å²) >= 11 is 0. The number of aromatic amines is 1. The van der Waals surface area contributed by atoms with Crippen LogP contribution in [0, 0.1) is 0 Å². The van der Waals surface area contributed by atoms with Gasteiger partial charge < -0.3 is 4.98 Å². The third-order valence-electron chi connectivity index (χ3n) is 2.75. The van der Waals surface area contributed by atoms with Gasteiger partial charge in [-0.15, -0.1) is 0 Å². The smallest absolute Gasteiger partial charge is 0.00401 e. The molecule has 0 aromatic carbocycles. The van der Waals surface area contributed by atoms with E-state index in [0.717, 1.165) is 0 Å². The van der Waals surface area contributed by atoms with Crippen LogP contribution in [-0.4, -0.2) is 4.98 Å². The molecule has 0 bridgehead atoms. The molecular weight excluding hydrogens is 170 g/mol. The Bertz CT molecular complexity index is 237. The van der Waals surface area contributed by atoms with Crippen LogP contribution in [0.25, 0.3) is 0 Å². The molecule has 0 atom stereocenters. The van der Waals surface area contributed by atoms with Gasteiger partial charge in [0.05, 0.1) is 0 Å². The maximum atomic E-state index is 3.22. The average molecular weight is 193 g/mol. The second-order valence-corrected chi connectivity index (χ2v) is 4.07. The first kappa shape index (κ1) is 11.4. The minimum Gasteiger partial charge on any atom is -0.367 e. The molecule has 1 aromatic rings. The molecule has 0 fully saturated rings. The van der Waals surface area contributed by atoms with E-state index < -0.39 is 0 Å². The molecule has 0 amide bonds. The van der Waals surface area contributed by atoms with E-state index in [1.807, 2.05) is 0 Å². The first-order valence-electron chi connectivity index (χ1n) is 6.03. The number of aryl methyl sites for hydroxylation is 2. The summed E-state index contributed by atoms with van der Waals surface area (Å²) in [5.74, 6) is 0. The maximum absolute atomic E-state index is 3.22. The summed E-state index contributed by atoms with van der Waals surface area (Å²) in [6.45, 7) is 4.51. The first-order chi connectivity index (χ1) is 6.88. The Morgan fingerprint density at radius 3 is 2.21 bits per heavy atom. The van der Waals surface area contributed by atoms with Crippen molar-refractivity contribution in [1.29, 1.82) is 0 Å². The van der Waals surface area contributed by atoms with Crippen LogP contribution in [0.4, 0.5) is 0 Å². The van der Waals surface area contributed by atoms with Gasteiger partial charge in [-0.2, -0.15) is 0 Å². The summed E-state index contributed by atoms with van der Waals surface area (Å²) in [6, 6.07) is 0. The molecule has 0 aliphatic carbocycles. The highest BCUT2D eigenvalue weighted by molar-refractivity contribution is 5.23. The van der Waals surface area contributed by atoms with Crippen LogP contribution in [0.1, 0.15) is 57.1 Å². The molecule has 1 aromatic heterocycles. The molecule has 80 valence electrons. The van der Waals surface area contributed by atoms with Gasteiger partial charge in [-0.25, -0.2) is 0 Å². The first-order valence-corrected chi connectivity index (χ1v) is 6.03. The zero-order valence-corrected chi connectivity index (χ0v) is 9.60. The van der Waals surface area contributed by atoms with E-state index in [2.05, 4.69) is 31.2 Å². The zero-order valence-electron chi connectivity index (χ0n) is 9.60. The van der Waals surface area contributed by atoms with Crippen LogP contribution in [0.5, 0.6) is 0 Å². The molecule has 0 unspecified atom stereocenters. The van der Waals surface area contributed by atoms with Crippen molar-refractivity contribution < 1.29 is 0 Å². The number of rotatable bonds is 7. The lowest BCUT2D eigenvalue weighted by atomic mass is 10.0. The number of aromatic nitrogens is 1. The molecule has 14 heavy (non-hydrogen) atoms. The van der Waals surface area contributed by atoms with E-state index in [-0.39, 0.29) is 0 Å². The van der Waals surface area contributed by atoms with Gasteiger partial charge in [0.1, 0.15) is 0 Å². The van der Waals surface area contributed by atoms with Crippen LogP contribution in [0.15, 0.2) is 12.4 Å². The molecule has 1 heterocycles. The van der Waals surface area contributed by atoms with Gasteiger partial charge in [0.2, 0.25) is 0 Å². The standard InChI is InChI=1S/C13H23N/c1-3-5-6-7-9-13-11-14-10-12(13)8-4-2/h10-11,14H,3-9H2,1-2H3. The van der Waals surface area contributed by atoms with Crippen LogP contribution >= 0.6 is 0 Å². The molecule has 1 rings (SSSR count). The molecule has 1 N–H and O–H groups in total. The number of nitrogens with one attached hydrogen (secondary N) is 1. The van der Waals surface area contributed by atoms with E-state index in [0.29, 0.717) is 0 Å². The Labute approximate surface area is 87.9 Å². The molecular formula is C13H23N. The van der Waals surface area contributed by atoms with E-state index >= 15 is 0 Å². The third-order valence-corrected chi connectivity index (χ3v) is 2.75. The highest BCUT2D eigenvalue weighted by Gasteiger charge is 2.01. The quantitative estimate of drug-likeness (QED) is 0.628. The second kappa shape index (κ2) is 6.69. The lowest BCUT2D eigenvalue weighted by molar-refractivity contribution is 0.664. The van der Waals surface area contributed by atoms with E-state index in [4.69, 9.17) is 0 Å². The summed E-state index contributed by atoms with van der Waals surface area (Å²) < 4.78 is 0. The monoisotopic (exact) mass is 193 g/mol. The van der Waals surface area contributed by atoms with Crippen molar-refractivity contribution >= 4 is 0 Å². The number of unbranched alkanes of at least 4 members (excludes halogenated alkanes) is 3. The summed E-state index contributed by atoms with van der Waals surface area (Å²) in [6.07, 6.45) is 13.5. The molecule has 0 radical (unpaired) electrons. The molecule has 0 spiro atoms. The fraction of sp³-hybridized carbons (Fsp3) is 0.692. The van der Waals surface area contributed by atoms with Gasteiger partial charge in [0.15, 0.2) is 0 Å². The summed E-state index contributed by atoms with van der Waals surface area (Å²) in [5, 5.41) is 0. The predicted molar refractivity (Wildman–Crippen MR) is 62.6 cm³/mol. The number of H-pyrrole nitrogens is 1. The van der Waals surface area contributed by atoms with Crippen molar-refractivity contribution in [2.75, 3.05) is 0 Å². The topological polar surface area (TPSA) is 15.8 Å². The fourth-order valence-corrected chi connectivity index (χ4v) is 1.91. The summed E-state index contributed by atoms with van der Waals surface area (Å²) in [5.41, 5.74) is 3.08. The summed E-state index contributed by atoms with van der Waals surface area (Å²) in [7, 11) is 0. The van der Waals surface area contributed by atoms with Crippen LogP contribution < -0.4 is 0 Å². The number of hydrogen-bond donors (Lipinski definition) is 1. The van der Waals surface area contributed by atoms with Gasteiger partial charge in [-0.3, -0.25) is 0 Å². The van der Waals surface area contributed by atoms with Crippen LogP contribution in [-0.2, 0) is 12.8 Å². The molecule has 0 aliphatic heterocycles. The van der Waals surface area contributed by atoms with Crippen LogP contribution in [0.3, 0.4) is 0 Å². The Kier molecular flexibility index (Phi) is 5.43. The van der Waals surface area contributed by atoms with Crippen molar-refractivity contribution in [2.24, 2.45) is 0 Å². The molecule has 1 nitrogen and oxygen atoms in total. The van der Waals surface area contributed by atoms with Crippen molar-refractivity contribution in [3.8, 4) is 0 Å².